The molecule has 0 saturated carbocycles. The van der Waals surface area contributed by atoms with Crippen molar-refractivity contribution in [3.63, 3.8) is 0 Å². The van der Waals surface area contributed by atoms with Crippen LogP contribution in [0, 0.1) is 0 Å². The Hall–Kier alpha value is -1.30. The highest BCUT2D eigenvalue weighted by atomic mass is 16.5. The average Bonchev–Trinajstić information content (AvgIpc) is 2.44. The first-order valence-electron chi connectivity index (χ1n) is 6.30. The molecule has 0 aliphatic heterocycles. The van der Waals surface area contributed by atoms with Crippen LogP contribution in [0.5, 0.6) is 11.5 Å². The van der Waals surface area contributed by atoms with Crippen LogP contribution in [-0.4, -0.2) is 47.7 Å². The van der Waals surface area contributed by atoms with Crippen molar-refractivity contribution in [3.8, 4) is 11.5 Å². The molecule has 0 radical (unpaired) electrons. The van der Waals surface area contributed by atoms with E-state index in [9.17, 15) is 0 Å². The number of hydrogen-bond acceptors (Lipinski definition) is 5. The Morgan fingerprint density at radius 1 is 0.947 bits per heavy atom. The van der Waals surface area contributed by atoms with E-state index in [1.165, 1.54) is 0 Å². The second kappa shape index (κ2) is 9.61. The average molecular weight is 269 g/mol. The van der Waals surface area contributed by atoms with Crippen molar-refractivity contribution in [2.24, 2.45) is 0 Å². The van der Waals surface area contributed by atoms with E-state index >= 15 is 0 Å². The van der Waals surface area contributed by atoms with E-state index in [2.05, 4.69) is 5.32 Å². The molecule has 108 valence electrons. The van der Waals surface area contributed by atoms with Crippen LogP contribution in [0.15, 0.2) is 18.2 Å². The Kier molecular flexibility index (Phi) is 7.97. The van der Waals surface area contributed by atoms with Gasteiger partial charge in [0.15, 0.2) is 11.5 Å². The molecule has 0 amide bonds. The molecule has 1 N–H and O–H groups in total. The lowest BCUT2D eigenvalue weighted by atomic mass is 10.2. The van der Waals surface area contributed by atoms with Crippen molar-refractivity contribution in [1.82, 2.24) is 5.32 Å². The van der Waals surface area contributed by atoms with E-state index < -0.39 is 0 Å². The third kappa shape index (κ3) is 5.92. The minimum atomic E-state index is 0.507. The van der Waals surface area contributed by atoms with Crippen molar-refractivity contribution >= 4 is 0 Å². The zero-order valence-corrected chi connectivity index (χ0v) is 11.9. The second-order valence-corrected chi connectivity index (χ2v) is 4.00. The zero-order chi connectivity index (χ0) is 13.9. The van der Waals surface area contributed by atoms with Gasteiger partial charge in [-0.1, -0.05) is 6.07 Å². The van der Waals surface area contributed by atoms with Gasteiger partial charge >= 0.3 is 0 Å². The van der Waals surface area contributed by atoms with Crippen LogP contribution in [0.4, 0.5) is 0 Å². The molecule has 0 bridgehead atoms. The van der Waals surface area contributed by atoms with Gasteiger partial charge in [0, 0.05) is 27.3 Å². The quantitative estimate of drug-likeness (QED) is 0.652. The molecule has 0 fully saturated rings. The fourth-order valence-corrected chi connectivity index (χ4v) is 1.59. The van der Waals surface area contributed by atoms with Crippen LogP contribution < -0.4 is 14.8 Å². The third-order valence-corrected chi connectivity index (χ3v) is 2.59. The lowest BCUT2D eigenvalue weighted by Crippen LogP contribution is -2.18. The summed E-state index contributed by atoms with van der Waals surface area (Å²) < 4.78 is 20.9. The third-order valence-electron chi connectivity index (χ3n) is 2.59. The number of methoxy groups -OCH3 is 3. The van der Waals surface area contributed by atoms with Crippen LogP contribution >= 0.6 is 0 Å². The second-order valence-electron chi connectivity index (χ2n) is 4.00. The molecule has 0 spiro atoms. The Balaban J connectivity index is 2.55. The zero-order valence-electron chi connectivity index (χ0n) is 11.9. The van der Waals surface area contributed by atoms with Gasteiger partial charge < -0.3 is 24.3 Å². The molecule has 1 rings (SSSR count). The number of rotatable bonds is 10. The maximum atomic E-state index is 5.63. The molecule has 0 aliphatic carbocycles. The van der Waals surface area contributed by atoms with Gasteiger partial charge in [-0.05, 0) is 17.7 Å². The largest absolute Gasteiger partial charge is 0.493 e. The molecule has 0 atom stereocenters. The number of nitrogens with one attached hydrogen (secondary N) is 1. The van der Waals surface area contributed by atoms with E-state index in [0.29, 0.717) is 19.8 Å². The van der Waals surface area contributed by atoms with Gasteiger partial charge in [-0.15, -0.1) is 0 Å². The van der Waals surface area contributed by atoms with Crippen LogP contribution in [0.1, 0.15) is 5.56 Å². The van der Waals surface area contributed by atoms with Crippen LogP contribution in [-0.2, 0) is 16.0 Å². The molecular weight excluding hydrogens is 246 g/mol. The van der Waals surface area contributed by atoms with Crippen LogP contribution in [0.2, 0.25) is 0 Å². The molecule has 0 heterocycles. The number of ether oxygens (including phenoxy) is 4. The van der Waals surface area contributed by atoms with Crippen LogP contribution in [0.3, 0.4) is 0 Å². The molecule has 0 aromatic heterocycles. The van der Waals surface area contributed by atoms with E-state index in [-0.39, 0.29) is 0 Å². The summed E-state index contributed by atoms with van der Waals surface area (Å²) in [6, 6.07) is 5.91. The smallest absolute Gasteiger partial charge is 0.161 e. The standard InChI is InChI=1S/C14H23NO4/c1-16-7-6-15-11-12-4-5-13(18-3)14(10-12)19-9-8-17-2/h4-5,10,15H,6-9,11H2,1-3H3. The maximum absolute atomic E-state index is 5.63. The van der Waals surface area contributed by atoms with Crippen molar-refractivity contribution in [2.45, 2.75) is 6.54 Å². The van der Waals surface area contributed by atoms with Gasteiger partial charge in [-0.2, -0.15) is 0 Å². The maximum Gasteiger partial charge on any atom is 0.161 e. The molecule has 1 aromatic rings. The van der Waals surface area contributed by atoms with E-state index in [1.54, 1.807) is 21.3 Å². The molecule has 5 nitrogen and oxygen atoms in total. The summed E-state index contributed by atoms with van der Waals surface area (Å²) in [5, 5.41) is 3.29. The highest BCUT2D eigenvalue weighted by molar-refractivity contribution is 5.42. The minimum Gasteiger partial charge on any atom is -0.493 e. The summed E-state index contributed by atoms with van der Waals surface area (Å²) in [5.41, 5.74) is 1.14. The van der Waals surface area contributed by atoms with Gasteiger partial charge in [0.1, 0.15) is 6.61 Å². The summed E-state index contributed by atoms with van der Waals surface area (Å²) in [7, 11) is 4.97. The molecule has 5 heteroatoms. The van der Waals surface area contributed by atoms with Crippen molar-refractivity contribution < 1.29 is 18.9 Å². The monoisotopic (exact) mass is 269 g/mol. The lowest BCUT2D eigenvalue weighted by Gasteiger charge is -2.12. The molecular formula is C14H23NO4. The minimum absolute atomic E-state index is 0.507. The molecule has 1 aromatic carbocycles. The Bertz CT molecular complexity index is 357. The van der Waals surface area contributed by atoms with Gasteiger partial charge in [0.2, 0.25) is 0 Å². The number of hydrogen-bond donors (Lipinski definition) is 1. The highest BCUT2D eigenvalue weighted by Gasteiger charge is 2.05. The SMILES string of the molecule is COCCNCc1ccc(OC)c(OCCOC)c1. The number of benzene rings is 1. The first-order chi connectivity index (χ1) is 9.31. The van der Waals surface area contributed by atoms with Crippen LogP contribution in [0.25, 0.3) is 0 Å². The van der Waals surface area contributed by atoms with Crippen molar-refractivity contribution in [2.75, 3.05) is 47.7 Å². The summed E-state index contributed by atoms with van der Waals surface area (Å²) in [4.78, 5) is 0. The Labute approximate surface area is 114 Å². The van der Waals surface area contributed by atoms with E-state index in [4.69, 9.17) is 18.9 Å². The highest BCUT2D eigenvalue weighted by Crippen LogP contribution is 2.27. The predicted octanol–water partition coefficient (Wildman–Crippen LogP) is 1.46. The summed E-state index contributed by atoms with van der Waals surface area (Å²) in [6.45, 7) is 3.36. The van der Waals surface area contributed by atoms with Crippen molar-refractivity contribution in [1.29, 1.82) is 0 Å². The fourth-order valence-electron chi connectivity index (χ4n) is 1.59. The lowest BCUT2D eigenvalue weighted by molar-refractivity contribution is 0.144. The predicted molar refractivity (Wildman–Crippen MR) is 73.9 cm³/mol. The summed E-state index contributed by atoms with van der Waals surface area (Å²) in [6.07, 6.45) is 0. The molecule has 0 aliphatic rings. The Morgan fingerprint density at radius 2 is 1.74 bits per heavy atom. The molecule has 19 heavy (non-hydrogen) atoms. The first-order valence-corrected chi connectivity index (χ1v) is 6.30. The topological polar surface area (TPSA) is 49.0 Å². The van der Waals surface area contributed by atoms with Gasteiger partial charge in [0.05, 0.1) is 20.3 Å². The summed E-state index contributed by atoms with van der Waals surface area (Å²) >= 11 is 0. The van der Waals surface area contributed by atoms with Gasteiger partial charge in [-0.25, -0.2) is 0 Å². The van der Waals surface area contributed by atoms with Crippen molar-refractivity contribution in [3.05, 3.63) is 23.8 Å². The normalized spacial score (nSPS) is 10.5. The van der Waals surface area contributed by atoms with E-state index in [0.717, 1.165) is 30.2 Å². The van der Waals surface area contributed by atoms with E-state index in [1.807, 2.05) is 18.2 Å². The van der Waals surface area contributed by atoms with Gasteiger partial charge in [-0.3, -0.25) is 0 Å². The molecule has 0 saturated heterocycles. The fraction of sp³-hybridized carbons (Fsp3) is 0.571. The Morgan fingerprint density at radius 3 is 2.42 bits per heavy atom. The summed E-state index contributed by atoms with van der Waals surface area (Å²) in [5.74, 6) is 1.47. The van der Waals surface area contributed by atoms with Gasteiger partial charge in [0.25, 0.3) is 0 Å². The first kappa shape index (κ1) is 15.8. The molecule has 0 unspecified atom stereocenters.